The lowest BCUT2D eigenvalue weighted by Crippen LogP contribution is -2.46. The number of para-hydroxylation sites is 1. The molecule has 0 bridgehead atoms. The summed E-state index contributed by atoms with van der Waals surface area (Å²) in [5.74, 6) is 1.37. The van der Waals surface area contributed by atoms with E-state index < -0.39 is 0 Å². The zero-order valence-electron chi connectivity index (χ0n) is 14.6. The van der Waals surface area contributed by atoms with Crippen LogP contribution in [0.1, 0.15) is 0 Å². The topological polar surface area (TPSA) is 44.3 Å². The van der Waals surface area contributed by atoms with Crippen LogP contribution in [0.3, 0.4) is 0 Å². The van der Waals surface area contributed by atoms with Gasteiger partial charge in [-0.3, -0.25) is 0 Å². The molecule has 4 rings (SSSR count). The highest BCUT2D eigenvalue weighted by molar-refractivity contribution is 6.33. The van der Waals surface area contributed by atoms with Crippen molar-refractivity contribution in [1.29, 1.82) is 0 Å². The minimum atomic E-state index is -0.211. The van der Waals surface area contributed by atoms with Gasteiger partial charge in [0.2, 0.25) is 0 Å². The SMILES string of the molecule is Fc1ccc(N2CCN(c3cc(Nc4ccccc4Cl)ncn3)CC2)cc1. The second kappa shape index (κ2) is 7.80. The third-order valence-corrected chi connectivity index (χ3v) is 4.91. The maximum Gasteiger partial charge on any atom is 0.135 e. The predicted octanol–water partition coefficient (Wildman–Crippen LogP) is 4.34. The molecule has 0 saturated carbocycles. The molecule has 5 nitrogen and oxygen atoms in total. The number of halogens is 2. The molecule has 1 aliphatic rings. The van der Waals surface area contributed by atoms with E-state index in [2.05, 4.69) is 25.1 Å². The largest absolute Gasteiger partial charge is 0.368 e. The van der Waals surface area contributed by atoms with Crippen LogP contribution in [0.25, 0.3) is 0 Å². The Morgan fingerprint density at radius 1 is 0.889 bits per heavy atom. The average molecular weight is 384 g/mol. The third kappa shape index (κ3) is 4.11. The van der Waals surface area contributed by atoms with Crippen LogP contribution in [0, 0.1) is 5.82 Å². The molecular formula is C20H19ClFN5. The number of hydrogen-bond acceptors (Lipinski definition) is 5. The molecule has 7 heteroatoms. The molecule has 1 aliphatic heterocycles. The van der Waals surface area contributed by atoms with Gasteiger partial charge in [0.05, 0.1) is 10.7 Å². The standard InChI is InChI=1S/C20H19ClFN5/c21-17-3-1-2-4-18(17)25-19-13-20(24-14-23-19)27-11-9-26(10-12-27)16-7-5-15(22)6-8-16/h1-8,13-14H,9-12H2,(H,23,24,25). The fourth-order valence-electron chi connectivity index (χ4n) is 3.13. The average Bonchev–Trinajstić information content (AvgIpc) is 2.71. The van der Waals surface area contributed by atoms with Gasteiger partial charge < -0.3 is 15.1 Å². The van der Waals surface area contributed by atoms with E-state index in [9.17, 15) is 4.39 Å². The van der Waals surface area contributed by atoms with E-state index in [4.69, 9.17) is 11.6 Å². The normalized spacial score (nSPS) is 14.3. The minimum Gasteiger partial charge on any atom is -0.368 e. The molecule has 1 aromatic heterocycles. The van der Waals surface area contributed by atoms with Crippen LogP contribution in [-0.4, -0.2) is 36.1 Å². The summed E-state index contributed by atoms with van der Waals surface area (Å²) >= 11 is 6.20. The van der Waals surface area contributed by atoms with Crippen LogP contribution in [0.4, 0.5) is 27.4 Å². The van der Waals surface area contributed by atoms with E-state index in [0.717, 1.165) is 43.4 Å². The fraction of sp³-hybridized carbons (Fsp3) is 0.200. The summed E-state index contributed by atoms with van der Waals surface area (Å²) in [6, 6.07) is 16.1. The van der Waals surface area contributed by atoms with Crippen molar-refractivity contribution in [2.24, 2.45) is 0 Å². The van der Waals surface area contributed by atoms with E-state index in [1.807, 2.05) is 42.5 Å². The second-order valence-corrected chi connectivity index (χ2v) is 6.72. The molecule has 0 aliphatic carbocycles. The third-order valence-electron chi connectivity index (χ3n) is 4.58. The maximum atomic E-state index is 13.1. The van der Waals surface area contributed by atoms with Crippen LogP contribution in [0.5, 0.6) is 0 Å². The first-order chi connectivity index (χ1) is 13.2. The zero-order chi connectivity index (χ0) is 18.6. The summed E-state index contributed by atoms with van der Waals surface area (Å²) in [4.78, 5) is 13.2. The van der Waals surface area contributed by atoms with Crippen molar-refractivity contribution < 1.29 is 4.39 Å². The summed E-state index contributed by atoms with van der Waals surface area (Å²) < 4.78 is 13.1. The van der Waals surface area contributed by atoms with E-state index >= 15 is 0 Å². The number of nitrogens with one attached hydrogen (secondary N) is 1. The van der Waals surface area contributed by atoms with Gasteiger partial charge in [0.15, 0.2) is 0 Å². The van der Waals surface area contributed by atoms with Crippen molar-refractivity contribution in [1.82, 2.24) is 9.97 Å². The minimum absolute atomic E-state index is 0.211. The fourth-order valence-corrected chi connectivity index (χ4v) is 3.32. The molecule has 1 fully saturated rings. The van der Waals surface area contributed by atoms with Gasteiger partial charge in [-0.2, -0.15) is 0 Å². The van der Waals surface area contributed by atoms with Gasteiger partial charge in [-0.05, 0) is 36.4 Å². The van der Waals surface area contributed by atoms with Gasteiger partial charge in [-0.15, -0.1) is 0 Å². The number of rotatable bonds is 4. The van der Waals surface area contributed by atoms with Gasteiger partial charge in [-0.25, -0.2) is 14.4 Å². The number of anilines is 4. The number of nitrogens with zero attached hydrogens (tertiary/aromatic N) is 4. The highest BCUT2D eigenvalue weighted by Gasteiger charge is 2.19. The van der Waals surface area contributed by atoms with E-state index in [0.29, 0.717) is 10.8 Å². The second-order valence-electron chi connectivity index (χ2n) is 6.32. The Kier molecular flexibility index (Phi) is 5.07. The Bertz CT molecular complexity index is 910. The van der Waals surface area contributed by atoms with E-state index in [1.54, 1.807) is 6.33 Å². The van der Waals surface area contributed by atoms with Gasteiger partial charge in [0.1, 0.15) is 23.8 Å². The van der Waals surface area contributed by atoms with Crippen molar-refractivity contribution in [3.63, 3.8) is 0 Å². The van der Waals surface area contributed by atoms with Gasteiger partial charge in [0.25, 0.3) is 0 Å². The molecule has 138 valence electrons. The summed E-state index contributed by atoms with van der Waals surface area (Å²) in [6.45, 7) is 3.37. The Labute approximate surface area is 162 Å². The molecule has 0 amide bonds. The molecule has 3 aromatic rings. The van der Waals surface area contributed by atoms with Gasteiger partial charge in [-0.1, -0.05) is 23.7 Å². The highest BCUT2D eigenvalue weighted by atomic mass is 35.5. The number of benzene rings is 2. The maximum absolute atomic E-state index is 13.1. The Morgan fingerprint density at radius 2 is 1.59 bits per heavy atom. The first kappa shape index (κ1) is 17.5. The van der Waals surface area contributed by atoms with Crippen molar-refractivity contribution >= 4 is 34.6 Å². The molecule has 2 heterocycles. The van der Waals surface area contributed by atoms with Crippen LogP contribution in [0.2, 0.25) is 5.02 Å². The van der Waals surface area contributed by atoms with Gasteiger partial charge in [0, 0.05) is 37.9 Å². The van der Waals surface area contributed by atoms with Crippen molar-refractivity contribution in [2.45, 2.75) is 0 Å². The molecule has 2 aromatic carbocycles. The summed E-state index contributed by atoms with van der Waals surface area (Å²) in [5.41, 5.74) is 1.85. The molecule has 27 heavy (non-hydrogen) atoms. The first-order valence-corrected chi connectivity index (χ1v) is 9.16. The number of hydrogen-bond donors (Lipinski definition) is 1. The van der Waals surface area contributed by atoms with Crippen LogP contribution >= 0.6 is 11.6 Å². The van der Waals surface area contributed by atoms with Crippen molar-refractivity contribution in [3.05, 3.63) is 71.8 Å². The Morgan fingerprint density at radius 3 is 2.33 bits per heavy atom. The van der Waals surface area contributed by atoms with Crippen molar-refractivity contribution in [3.8, 4) is 0 Å². The summed E-state index contributed by atoms with van der Waals surface area (Å²) in [7, 11) is 0. The first-order valence-electron chi connectivity index (χ1n) is 8.78. The van der Waals surface area contributed by atoms with Crippen LogP contribution in [-0.2, 0) is 0 Å². The molecule has 0 unspecified atom stereocenters. The van der Waals surface area contributed by atoms with Crippen LogP contribution < -0.4 is 15.1 Å². The van der Waals surface area contributed by atoms with Gasteiger partial charge >= 0.3 is 0 Å². The smallest absolute Gasteiger partial charge is 0.135 e. The van der Waals surface area contributed by atoms with Crippen molar-refractivity contribution in [2.75, 3.05) is 41.3 Å². The molecule has 1 N–H and O–H groups in total. The van der Waals surface area contributed by atoms with E-state index in [-0.39, 0.29) is 5.82 Å². The molecule has 1 saturated heterocycles. The highest BCUT2D eigenvalue weighted by Crippen LogP contribution is 2.26. The monoisotopic (exact) mass is 383 g/mol. The number of piperazine rings is 1. The number of aromatic nitrogens is 2. The lowest BCUT2D eigenvalue weighted by atomic mass is 10.2. The predicted molar refractivity (Wildman–Crippen MR) is 108 cm³/mol. The Hall–Kier alpha value is -2.86. The molecule has 0 radical (unpaired) electrons. The summed E-state index contributed by atoms with van der Waals surface area (Å²) in [6.07, 6.45) is 1.56. The Balaban J connectivity index is 1.43. The zero-order valence-corrected chi connectivity index (χ0v) is 15.4. The quantitative estimate of drug-likeness (QED) is 0.726. The molecular weight excluding hydrogens is 365 g/mol. The molecule has 0 atom stereocenters. The van der Waals surface area contributed by atoms with E-state index in [1.165, 1.54) is 12.1 Å². The van der Waals surface area contributed by atoms with Crippen LogP contribution in [0.15, 0.2) is 60.9 Å². The molecule has 0 spiro atoms. The summed E-state index contributed by atoms with van der Waals surface area (Å²) in [5, 5.41) is 3.88. The lowest BCUT2D eigenvalue weighted by molar-refractivity contribution is 0.624. The lowest BCUT2D eigenvalue weighted by Gasteiger charge is -2.36.